The highest BCUT2D eigenvalue weighted by Crippen LogP contribution is 2.35. The number of nitrogens with one attached hydrogen (secondary N) is 1. The zero-order valence-electron chi connectivity index (χ0n) is 12.8. The fraction of sp³-hybridized carbons (Fsp3) is 0.278. The van der Waals surface area contributed by atoms with Crippen LogP contribution >= 0.6 is 0 Å². The van der Waals surface area contributed by atoms with Gasteiger partial charge in [0.2, 0.25) is 0 Å². The number of amides is 1. The predicted octanol–water partition coefficient (Wildman–Crippen LogP) is 0.961. The number of hydrogen-bond acceptors (Lipinski definition) is 5. The maximum atomic E-state index is 12.5. The Kier molecular flexibility index (Phi) is 4.56. The van der Waals surface area contributed by atoms with Gasteiger partial charge in [-0.2, -0.15) is 5.26 Å². The van der Waals surface area contributed by atoms with E-state index in [-0.39, 0.29) is 11.8 Å². The van der Waals surface area contributed by atoms with E-state index in [1.807, 2.05) is 12.1 Å². The number of aromatic nitrogens is 1. The topological polar surface area (TPSA) is 106 Å². The normalized spacial score (nSPS) is 25.9. The van der Waals surface area contributed by atoms with Gasteiger partial charge < -0.3 is 15.5 Å². The molecule has 6 nitrogen and oxygen atoms in total. The average molecular weight is 323 g/mol. The molecule has 0 aliphatic heterocycles. The van der Waals surface area contributed by atoms with Crippen LogP contribution < -0.4 is 5.32 Å². The minimum atomic E-state index is -1.06. The van der Waals surface area contributed by atoms with Gasteiger partial charge in [-0.1, -0.05) is 12.1 Å². The minimum absolute atomic E-state index is 0.230. The van der Waals surface area contributed by atoms with Crippen LogP contribution in [0, 0.1) is 11.3 Å². The number of hydrogen-bond donors (Lipinski definition) is 3. The van der Waals surface area contributed by atoms with E-state index >= 15 is 0 Å². The third kappa shape index (κ3) is 3.13. The van der Waals surface area contributed by atoms with Crippen molar-refractivity contribution in [3.8, 4) is 6.07 Å². The lowest BCUT2D eigenvalue weighted by molar-refractivity contribution is 0.0294. The molecule has 2 aromatic rings. The summed E-state index contributed by atoms with van der Waals surface area (Å²) in [5.41, 5.74) is 1.58. The highest BCUT2D eigenvalue weighted by atomic mass is 16.3. The van der Waals surface area contributed by atoms with Crippen LogP contribution in [-0.2, 0) is 0 Å². The molecule has 1 amide bonds. The van der Waals surface area contributed by atoms with Gasteiger partial charge in [0.25, 0.3) is 5.91 Å². The molecule has 3 N–H and O–H groups in total. The molecule has 1 saturated carbocycles. The largest absolute Gasteiger partial charge is 0.390 e. The quantitative estimate of drug-likeness (QED) is 0.780. The number of aliphatic hydroxyl groups excluding tert-OH is 2. The summed E-state index contributed by atoms with van der Waals surface area (Å²) in [5, 5.41) is 32.0. The van der Waals surface area contributed by atoms with E-state index in [1.165, 1.54) is 6.07 Å². The van der Waals surface area contributed by atoms with Gasteiger partial charge in [-0.15, -0.1) is 0 Å². The Morgan fingerprint density at radius 2 is 2.12 bits per heavy atom. The van der Waals surface area contributed by atoms with Crippen molar-refractivity contribution in [3.05, 3.63) is 65.5 Å². The van der Waals surface area contributed by atoms with Gasteiger partial charge in [-0.05, 0) is 36.2 Å². The van der Waals surface area contributed by atoms with Gasteiger partial charge in [-0.25, -0.2) is 0 Å². The summed E-state index contributed by atoms with van der Waals surface area (Å²) in [4.78, 5) is 16.5. The number of aliphatic hydroxyl groups is 2. The van der Waals surface area contributed by atoms with Crippen LogP contribution in [0.3, 0.4) is 0 Å². The van der Waals surface area contributed by atoms with Gasteiger partial charge in [0.1, 0.15) is 6.10 Å². The van der Waals surface area contributed by atoms with E-state index in [4.69, 9.17) is 5.26 Å². The van der Waals surface area contributed by atoms with Crippen molar-refractivity contribution in [1.82, 2.24) is 10.3 Å². The van der Waals surface area contributed by atoms with E-state index in [0.717, 1.165) is 5.56 Å². The summed E-state index contributed by atoms with van der Waals surface area (Å²) in [7, 11) is 0. The molecule has 6 heteroatoms. The molecule has 0 bridgehead atoms. The number of benzene rings is 1. The van der Waals surface area contributed by atoms with Crippen molar-refractivity contribution in [3.63, 3.8) is 0 Å². The van der Waals surface area contributed by atoms with Crippen molar-refractivity contribution >= 4 is 5.91 Å². The Morgan fingerprint density at radius 3 is 2.83 bits per heavy atom. The Morgan fingerprint density at radius 1 is 1.29 bits per heavy atom. The maximum absolute atomic E-state index is 12.5. The molecule has 1 heterocycles. The smallest absolute Gasteiger partial charge is 0.251 e. The van der Waals surface area contributed by atoms with Gasteiger partial charge in [-0.3, -0.25) is 9.78 Å². The van der Waals surface area contributed by atoms with Crippen molar-refractivity contribution in [2.45, 2.75) is 30.6 Å². The lowest BCUT2D eigenvalue weighted by Gasteiger charge is -2.23. The number of pyridine rings is 1. The molecule has 3 rings (SSSR count). The van der Waals surface area contributed by atoms with Gasteiger partial charge in [0.15, 0.2) is 0 Å². The van der Waals surface area contributed by atoms with E-state index < -0.39 is 18.2 Å². The monoisotopic (exact) mass is 323 g/mol. The molecular weight excluding hydrogens is 306 g/mol. The number of rotatable bonds is 3. The summed E-state index contributed by atoms with van der Waals surface area (Å²) in [6.45, 7) is 0. The SMILES string of the molecule is N#Cc1cccc(C(=O)N[C@H]2[C@H](O)[C@H](O)C[C@@H]2c2cccnc2)c1. The molecule has 0 unspecified atom stereocenters. The fourth-order valence-corrected chi connectivity index (χ4v) is 3.11. The Labute approximate surface area is 139 Å². The predicted molar refractivity (Wildman–Crippen MR) is 86.0 cm³/mol. The molecule has 1 aliphatic rings. The van der Waals surface area contributed by atoms with Crippen LogP contribution in [-0.4, -0.2) is 39.4 Å². The first-order chi connectivity index (χ1) is 11.6. The lowest BCUT2D eigenvalue weighted by atomic mass is 9.94. The summed E-state index contributed by atoms with van der Waals surface area (Å²) < 4.78 is 0. The number of carbonyl (C=O) groups is 1. The molecular formula is C18H17N3O3. The van der Waals surface area contributed by atoms with E-state index in [9.17, 15) is 15.0 Å². The first kappa shape index (κ1) is 16.1. The van der Waals surface area contributed by atoms with Crippen molar-refractivity contribution in [1.29, 1.82) is 5.26 Å². The molecule has 0 radical (unpaired) electrons. The highest BCUT2D eigenvalue weighted by molar-refractivity contribution is 5.94. The molecule has 0 spiro atoms. The first-order valence-electron chi connectivity index (χ1n) is 7.67. The summed E-state index contributed by atoms with van der Waals surface area (Å²) in [6, 6.07) is 11.3. The first-order valence-corrected chi connectivity index (χ1v) is 7.67. The third-order valence-electron chi connectivity index (χ3n) is 4.36. The molecule has 0 saturated heterocycles. The average Bonchev–Trinajstić information content (AvgIpc) is 2.91. The van der Waals surface area contributed by atoms with Crippen LogP contribution in [0.5, 0.6) is 0 Å². The van der Waals surface area contributed by atoms with E-state index in [0.29, 0.717) is 17.5 Å². The number of nitriles is 1. The molecule has 1 fully saturated rings. The fourth-order valence-electron chi connectivity index (χ4n) is 3.11. The molecule has 4 atom stereocenters. The van der Waals surface area contributed by atoms with Crippen molar-refractivity contribution < 1.29 is 15.0 Å². The van der Waals surface area contributed by atoms with Crippen LogP contribution in [0.2, 0.25) is 0 Å². The van der Waals surface area contributed by atoms with Gasteiger partial charge >= 0.3 is 0 Å². The molecule has 1 aromatic heterocycles. The Bertz CT molecular complexity index is 773. The Balaban J connectivity index is 1.83. The zero-order chi connectivity index (χ0) is 17.1. The van der Waals surface area contributed by atoms with Gasteiger partial charge in [0.05, 0.1) is 23.8 Å². The third-order valence-corrected chi connectivity index (χ3v) is 4.36. The number of carbonyl (C=O) groups excluding carboxylic acids is 1. The van der Waals surface area contributed by atoms with Crippen LogP contribution in [0.15, 0.2) is 48.8 Å². The molecule has 122 valence electrons. The molecule has 1 aliphatic carbocycles. The highest BCUT2D eigenvalue weighted by Gasteiger charge is 2.43. The lowest BCUT2D eigenvalue weighted by Crippen LogP contribution is -2.45. The second-order valence-electron chi connectivity index (χ2n) is 5.88. The van der Waals surface area contributed by atoms with Crippen LogP contribution in [0.4, 0.5) is 0 Å². The van der Waals surface area contributed by atoms with Crippen LogP contribution in [0.25, 0.3) is 0 Å². The molecule has 24 heavy (non-hydrogen) atoms. The summed E-state index contributed by atoms with van der Waals surface area (Å²) >= 11 is 0. The second-order valence-corrected chi connectivity index (χ2v) is 5.88. The Hall–Kier alpha value is -2.75. The zero-order valence-corrected chi connectivity index (χ0v) is 12.8. The van der Waals surface area contributed by atoms with E-state index in [1.54, 1.807) is 36.7 Å². The maximum Gasteiger partial charge on any atom is 0.251 e. The standard InChI is InChI=1S/C18H17N3O3/c19-9-11-3-1-4-12(7-11)18(24)21-16-14(8-15(22)17(16)23)13-5-2-6-20-10-13/h1-7,10,14-17,22-23H,8H2,(H,21,24)/t14-,15-,16-,17-/m1/s1. The number of nitrogens with zero attached hydrogens (tertiary/aromatic N) is 2. The minimum Gasteiger partial charge on any atom is -0.390 e. The second kappa shape index (κ2) is 6.79. The van der Waals surface area contributed by atoms with E-state index in [2.05, 4.69) is 10.3 Å². The summed E-state index contributed by atoms with van der Waals surface area (Å²) in [5.74, 6) is -0.620. The van der Waals surface area contributed by atoms with Crippen molar-refractivity contribution in [2.24, 2.45) is 0 Å². The van der Waals surface area contributed by atoms with Crippen LogP contribution in [0.1, 0.15) is 33.8 Å². The molecule has 1 aromatic carbocycles. The summed E-state index contributed by atoms with van der Waals surface area (Å²) in [6.07, 6.45) is 1.69. The van der Waals surface area contributed by atoms with Gasteiger partial charge in [0, 0.05) is 23.9 Å². The van der Waals surface area contributed by atoms with Crippen molar-refractivity contribution in [2.75, 3.05) is 0 Å².